The zero-order valence-electron chi connectivity index (χ0n) is 15.0. The molecule has 0 fully saturated rings. The van der Waals surface area contributed by atoms with Crippen molar-refractivity contribution >= 4 is 35.5 Å². The Bertz CT molecular complexity index is 514. The van der Waals surface area contributed by atoms with Crippen molar-refractivity contribution in [2.45, 2.75) is 49.9 Å². The number of nitrogens with one attached hydrogen (secondary N) is 2. The van der Waals surface area contributed by atoms with Crippen LogP contribution in [0.3, 0.4) is 0 Å². The number of nitrogens with two attached hydrogens (primary N) is 2. The number of carbonyl (C=O) groups excluding carboxylic acids is 3. The summed E-state index contributed by atoms with van der Waals surface area (Å²) in [5, 5.41) is 22.4. The minimum atomic E-state index is -1.21. The minimum Gasteiger partial charge on any atom is -0.480 e. The van der Waals surface area contributed by atoms with Crippen LogP contribution in [0.2, 0.25) is 0 Å². The van der Waals surface area contributed by atoms with Gasteiger partial charge in [-0.25, -0.2) is 0 Å². The van der Waals surface area contributed by atoms with Crippen LogP contribution in [-0.4, -0.2) is 69.6 Å². The number of aliphatic hydroxyl groups is 1. The summed E-state index contributed by atoms with van der Waals surface area (Å²) in [6, 6.07) is -2.03. The fraction of sp³-hybridized carbons (Fsp3) is 0.733. The van der Waals surface area contributed by atoms with Gasteiger partial charge in [-0.05, 0) is 12.8 Å². The maximum absolute atomic E-state index is 12.2. The molecule has 3 amide bonds. The summed E-state index contributed by atoms with van der Waals surface area (Å²) in [7, 11) is 0. The SMILES string of the molecule is CC(C)(CCO)SC[C@H](NC(=O)[C@@H](N)CCC(N)=O)C(=O)NCC(=O)O. The van der Waals surface area contributed by atoms with Crippen LogP contribution in [0.25, 0.3) is 0 Å². The van der Waals surface area contributed by atoms with Crippen LogP contribution in [0.5, 0.6) is 0 Å². The lowest BCUT2D eigenvalue weighted by atomic mass is 10.1. The van der Waals surface area contributed by atoms with Crippen molar-refractivity contribution in [3.05, 3.63) is 0 Å². The number of hydrogen-bond acceptors (Lipinski definition) is 7. The lowest BCUT2D eigenvalue weighted by molar-refractivity contribution is -0.138. The van der Waals surface area contributed by atoms with E-state index in [0.717, 1.165) is 0 Å². The molecule has 26 heavy (non-hydrogen) atoms. The van der Waals surface area contributed by atoms with Gasteiger partial charge in [-0.15, -0.1) is 0 Å². The van der Waals surface area contributed by atoms with Crippen LogP contribution >= 0.6 is 11.8 Å². The van der Waals surface area contributed by atoms with Gasteiger partial charge in [-0.3, -0.25) is 19.2 Å². The zero-order chi connectivity index (χ0) is 20.3. The Hall–Kier alpha value is -1.85. The van der Waals surface area contributed by atoms with Crippen molar-refractivity contribution in [2.24, 2.45) is 11.5 Å². The average molecular weight is 392 g/mol. The average Bonchev–Trinajstić information content (AvgIpc) is 2.53. The van der Waals surface area contributed by atoms with E-state index in [1.165, 1.54) is 11.8 Å². The number of carboxylic acid groups (broad SMARTS) is 1. The number of primary amides is 1. The maximum atomic E-state index is 12.2. The molecule has 0 radical (unpaired) electrons. The first-order chi connectivity index (χ1) is 12.0. The third kappa shape index (κ3) is 10.9. The highest BCUT2D eigenvalue weighted by atomic mass is 32.2. The molecule has 0 bridgehead atoms. The Balaban J connectivity index is 4.90. The van der Waals surface area contributed by atoms with E-state index >= 15 is 0 Å². The molecule has 0 unspecified atom stereocenters. The van der Waals surface area contributed by atoms with Gasteiger partial charge in [0.1, 0.15) is 12.6 Å². The molecular formula is C15H28N4O6S. The minimum absolute atomic E-state index is 0.0276. The van der Waals surface area contributed by atoms with Gasteiger partial charge in [-0.1, -0.05) is 13.8 Å². The van der Waals surface area contributed by atoms with Crippen molar-refractivity contribution in [1.82, 2.24) is 10.6 Å². The number of hydrogen-bond donors (Lipinski definition) is 6. The molecule has 0 saturated carbocycles. The molecular weight excluding hydrogens is 364 g/mol. The Morgan fingerprint density at radius 2 is 1.81 bits per heavy atom. The van der Waals surface area contributed by atoms with E-state index in [9.17, 15) is 19.2 Å². The summed E-state index contributed by atoms with van der Waals surface area (Å²) in [6.07, 6.45) is 0.448. The van der Waals surface area contributed by atoms with Crippen molar-refractivity contribution in [1.29, 1.82) is 0 Å². The molecule has 0 aromatic rings. The van der Waals surface area contributed by atoms with Crippen LogP contribution in [0.1, 0.15) is 33.1 Å². The molecule has 11 heteroatoms. The predicted molar refractivity (Wildman–Crippen MR) is 97.2 cm³/mol. The molecule has 0 aliphatic carbocycles. The predicted octanol–water partition coefficient (Wildman–Crippen LogP) is -1.84. The molecule has 10 nitrogen and oxygen atoms in total. The van der Waals surface area contributed by atoms with E-state index in [2.05, 4.69) is 10.6 Å². The van der Waals surface area contributed by atoms with Crippen molar-refractivity contribution in [2.75, 3.05) is 18.9 Å². The molecule has 2 atom stereocenters. The van der Waals surface area contributed by atoms with E-state index < -0.39 is 42.3 Å². The molecule has 8 N–H and O–H groups in total. The van der Waals surface area contributed by atoms with Gasteiger partial charge in [-0.2, -0.15) is 11.8 Å². The second-order valence-corrected chi connectivity index (χ2v) is 8.06. The first-order valence-corrected chi connectivity index (χ1v) is 9.05. The van der Waals surface area contributed by atoms with Crippen LogP contribution < -0.4 is 22.1 Å². The lowest BCUT2D eigenvalue weighted by Gasteiger charge is -2.26. The van der Waals surface area contributed by atoms with Crippen molar-refractivity contribution < 1.29 is 29.4 Å². The van der Waals surface area contributed by atoms with Gasteiger partial charge in [0.05, 0.1) is 6.04 Å². The quantitative estimate of drug-likeness (QED) is 0.211. The van der Waals surface area contributed by atoms with Gasteiger partial charge in [0.15, 0.2) is 0 Å². The highest BCUT2D eigenvalue weighted by molar-refractivity contribution is 8.00. The normalized spacial score (nSPS) is 13.5. The van der Waals surface area contributed by atoms with Crippen LogP contribution in [0, 0.1) is 0 Å². The van der Waals surface area contributed by atoms with Gasteiger partial charge < -0.3 is 32.3 Å². The largest absolute Gasteiger partial charge is 0.480 e. The number of carbonyl (C=O) groups is 4. The first-order valence-electron chi connectivity index (χ1n) is 8.07. The molecule has 0 aliphatic rings. The smallest absolute Gasteiger partial charge is 0.322 e. The lowest BCUT2D eigenvalue weighted by Crippen LogP contribution is -2.53. The van der Waals surface area contributed by atoms with Gasteiger partial charge in [0.2, 0.25) is 17.7 Å². The zero-order valence-corrected chi connectivity index (χ0v) is 15.8. The van der Waals surface area contributed by atoms with Gasteiger partial charge in [0, 0.05) is 23.5 Å². The second-order valence-electron chi connectivity index (χ2n) is 6.33. The maximum Gasteiger partial charge on any atom is 0.322 e. The number of aliphatic hydroxyl groups excluding tert-OH is 1. The van der Waals surface area contributed by atoms with E-state index in [4.69, 9.17) is 21.7 Å². The topological polar surface area (TPSA) is 185 Å². The first kappa shape index (κ1) is 24.1. The third-order valence-electron chi connectivity index (χ3n) is 3.44. The van der Waals surface area contributed by atoms with E-state index in [-0.39, 0.29) is 29.9 Å². The van der Waals surface area contributed by atoms with E-state index in [0.29, 0.717) is 6.42 Å². The summed E-state index contributed by atoms with van der Waals surface area (Å²) >= 11 is 1.35. The highest BCUT2D eigenvalue weighted by Crippen LogP contribution is 2.28. The standard InChI is InChI=1S/C15H28N4O6S/c1-15(2,5-6-20)26-8-10(14(25)18-7-12(22)23)19-13(24)9(16)3-4-11(17)21/h9-10,20H,3-8,16H2,1-2H3,(H2,17,21)(H,18,25)(H,19,24)(H,22,23)/t9-,10-/m0/s1. The number of aliphatic carboxylic acids is 1. The van der Waals surface area contributed by atoms with Crippen LogP contribution in [0.15, 0.2) is 0 Å². The molecule has 0 spiro atoms. The molecule has 0 saturated heterocycles. The molecule has 0 heterocycles. The second kappa shape index (κ2) is 11.7. The van der Waals surface area contributed by atoms with Crippen LogP contribution in [0.4, 0.5) is 0 Å². The van der Waals surface area contributed by atoms with Gasteiger partial charge in [0.25, 0.3) is 0 Å². The third-order valence-corrected chi connectivity index (χ3v) is 4.93. The summed E-state index contributed by atoms with van der Waals surface area (Å²) in [4.78, 5) is 45.7. The Labute approximate surface area is 156 Å². The van der Waals surface area contributed by atoms with E-state index in [1.54, 1.807) is 0 Å². The summed E-state index contributed by atoms with van der Waals surface area (Å²) in [5.41, 5.74) is 10.7. The number of rotatable bonds is 13. The van der Waals surface area contributed by atoms with Gasteiger partial charge >= 0.3 is 5.97 Å². The molecule has 0 aromatic carbocycles. The van der Waals surface area contributed by atoms with E-state index in [1.807, 2.05) is 13.8 Å². The Kier molecular flexibility index (Phi) is 10.9. The Morgan fingerprint density at radius 1 is 1.19 bits per heavy atom. The number of carboxylic acids is 1. The molecule has 0 aliphatic heterocycles. The summed E-state index contributed by atoms with van der Waals surface area (Å²) in [6.45, 7) is 3.14. The number of amides is 3. The number of thioether (sulfide) groups is 1. The highest BCUT2D eigenvalue weighted by Gasteiger charge is 2.27. The summed E-state index contributed by atoms with van der Waals surface area (Å²) in [5.74, 6) is -2.94. The molecule has 0 rings (SSSR count). The van der Waals surface area contributed by atoms with Crippen molar-refractivity contribution in [3.8, 4) is 0 Å². The fourth-order valence-corrected chi connectivity index (χ4v) is 2.91. The van der Waals surface area contributed by atoms with Crippen molar-refractivity contribution in [3.63, 3.8) is 0 Å². The van der Waals surface area contributed by atoms with Crippen LogP contribution in [-0.2, 0) is 19.2 Å². The monoisotopic (exact) mass is 392 g/mol. The molecule has 150 valence electrons. The summed E-state index contributed by atoms with van der Waals surface area (Å²) < 4.78 is -0.348. The fourth-order valence-electron chi connectivity index (χ4n) is 1.83. The Morgan fingerprint density at radius 3 is 2.31 bits per heavy atom. The molecule has 0 aromatic heterocycles.